The van der Waals surface area contributed by atoms with Gasteiger partial charge in [0, 0.05) is 44.8 Å². The molecule has 146 valence electrons. The average Bonchev–Trinajstić information content (AvgIpc) is 3.09. The third-order valence-electron chi connectivity index (χ3n) is 5.04. The van der Waals surface area contributed by atoms with Crippen LogP contribution in [0.4, 0.5) is 0 Å². The van der Waals surface area contributed by atoms with Crippen molar-refractivity contribution in [2.75, 3.05) is 72.3 Å². The van der Waals surface area contributed by atoms with Crippen molar-refractivity contribution in [3.05, 3.63) is 0 Å². The number of aliphatic hydroxyl groups excluding tert-OH is 1. The highest BCUT2D eigenvalue weighted by atomic mass is 16.5. The number of nitrogens with one attached hydrogen (secondary N) is 2. The molecule has 2 fully saturated rings. The molecule has 0 aromatic carbocycles. The molecule has 2 aliphatic rings. The first-order chi connectivity index (χ1) is 12.3. The zero-order chi connectivity index (χ0) is 17.8. The Morgan fingerprint density at radius 3 is 2.68 bits per heavy atom. The van der Waals surface area contributed by atoms with Crippen molar-refractivity contribution in [3.63, 3.8) is 0 Å². The maximum absolute atomic E-state index is 9.32. The Morgan fingerprint density at radius 1 is 1.16 bits per heavy atom. The number of nitrogens with zero attached hydrogens (tertiary/aromatic N) is 2. The van der Waals surface area contributed by atoms with Gasteiger partial charge in [-0.2, -0.15) is 0 Å². The maximum atomic E-state index is 9.32. The fourth-order valence-corrected chi connectivity index (χ4v) is 3.37. The lowest BCUT2D eigenvalue weighted by Gasteiger charge is -2.26. The Labute approximate surface area is 152 Å². The summed E-state index contributed by atoms with van der Waals surface area (Å²) in [5.74, 6) is 0.873. The lowest BCUT2D eigenvalue weighted by atomic mass is 9.84. The molecule has 2 saturated heterocycles. The number of aliphatic imine (C=N–C) groups is 1. The van der Waals surface area contributed by atoms with Gasteiger partial charge in [0.15, 0.2) is 5.96 Å². The van der Waals surface area contributed by atoms with E-state index in [1.807, 2.05) is 0 Å². The third-order valence-corrected chi connectivity index (χ3v) is 5.04. The van der Waals surface area contributed by atoms with E-state index >= 15 is 0 Å². The van der Waals surface area contributed by atoms with Crippen LogP contribution in [0.3, 0.4) is 0 Å². The van der Waals surface area contributed by atoms with E-state index in [-0.39, 0.29) is 12.0 Å². The summed E-state index contributed by atoms with van der Waals surface area (Å²) in [5, 5.41) is 16.1. The molecule has 1 atom stereocenters. The topological polar surface area (TPSA) is 78.4 Å². The number of unbranched alkanes of at least 4 members (excludes halogenated alkanes) is 1. The minimum atomic E-state index is 0.00738. The summed E-state index contributed by atoms with van der Waals surface area (Å²) in [6.07, 6.45) is 4.06. The van der Waals surface area contributed by atoms with Gasteiger partial charge in [0.25, 0.3) is 0 Å². The Hall–Kier alpha value is -0.890. The molecular weight excluding hydrogens is 320 g/mol. The summed E-state index contributed by atoms with van der Waals surface area (Å²) in [5.41, 5.74) is 0.00738. The molecule has 2 heterocycles. The predicted octanol–water partition coefficient (Wildman–Crippen LogP) is 0.443. The first-order valence-corrected chi connectivity index (χ1v) is 9.79. The fraction of sp³-hybridized carbons (Fsp3) is 0.944. The Kier molecular flexibility index (Phi) is 9.54. The zero-order valence-electron chi connectivity index (χ0n) is 15.8. The second-order valence-corrected chi connectivity index (χ2v) is 7.06. The van der Waals surface area contributed by atoms with Crippen molar-refractivity contribution < 1.29 is 14.6 Å². The predicted molar refractivity (Wildman–Crippen MR) is 100 cm³/mol. The van der Waals surface area contributed by atoms with Gasteiger partial charge in [0.1, 0.15) is 0 Å². The van der Waals surface area contributed by atoms with Crippen LogP contribution in [0, 0.1) is 5.41 Å². The molecule has 2 aliphatic heterocycles. The number of aliphatic hydroxyl groups is 1. The van der Waals surface area contributed by atoms with Crippen LogP contribution < -0.4 is 10.6 Å². The molecule has 0 bridgehead atoms. The lowest BCUT2D eigenvalue weighted by Crippen LogP contribution is -2.40. The minimum Gasteiger partial charge on any atom is -0.396 e. The van der Waals surface area contributed by atoms with Crippen molar-refractivity contribution in [2.45, 2.75) is 32.6 Å². The fourth-order valence-electron chi connectivity index (χ4n) is 3.37. The summed E-state index contributed by atoms with van der Waals surface area (Å²) < 4.78 is 10.9. The molecule has 7 heteroatoms. The summed E-state index contributed by atoms with van der Waals surface area (Å²) in [6, 6.07) is 0. The smallest absolute Gasteiger partial charge is 0.191 e. The summed E-state index contributed by atoms with van der Waals surface area (Å²) in [4.78, 5) is 7.22. The van der Waals surface area contributed by atoms with Crippen LogP contribution in [0.2, 0.25) is 0 Å². The normalized spacial score (nSPS) is 25.3. The van der Waals surface area contributed by atoms with Crippen LogP contribution in [0.15, 0.2) is 4.99 Å². The van der Waals surface area contributed by atoms with Gasteiger partial charge in [-0.1, -0.05) is 0 Å². The highest BCUT2D eigenvalue weighted by Gasteiger charge is 2.34. The van der Waals surface area contributed by atoms with Crippen molar-refractivity contribution >= 4 is 5.96 Å². The molecule has 1 unspecified atom stereocenters. The van der Waals surface area contributed by atoms with E-state index in [1.165, 1.54) is 6.42 Å². The zero-order valence-corrected chi connectivity index (χ0v) is 15.8. The molecule has 0 saturated carbocycles. The molecule has 0 aromatic rings. The molecule has 2 rings (SSSR count). The molecule has 7 nitrogen and oxygen atoms in total. The Balaban J connectivity index is 1.68. The second kappa shape index (κ2) is 11.7. The molecule has 25 heavy (non-hydrogen) atoms. The lowest BCUT2D eigenvalue weighted by molar-refractivity contribution is 0.0372. The van der Waals surface area contributed by atoms with E-state index in [4.69, 9.17) is 14.5 Å². The summed E-state index contributed by atoms with van der Waals surface area (Å²) >= 11 is 0. The van der Waals surface area contributed by atoms with Gasteiger partial charge < -0.3 is 25.2 Å². The van der Waals surface area contributed by atoms with E-state index in [0.717, 1.165) is 77.8 Å². The van der Waals surface area contributed by atoms with Crippen molar-refractivity contribution in [1.82, 2.24) is 15.5 Å². The first kappa shape index (κ1) is 20.4. The largest absolute Gasteiger partial charge is 0.396 e. The van der Waals surface area contributed by atoms with Gasteiger partial charge in [-0.25, -0.2) is 0 Å². The number of rotatable bonds is 10. The number of ether oxygens (including phenoxy) is 2. The minimum absolute atomic E-state index is 0.00738. The van der Waals surface area contributed by atoms with E-state index in [2.05, 4.69) is 22.5 Å². The Bertz CT molecular complexity index is 381. The quantitative estimate of drug-likeness (QED) is 0.300. The van der Waals surface area contributed by atoms with Crippen molar-refractivity contribution in [2.24, 2.45) is 10.4 Å². The number of hydrogen-bond acceptors (Lipinski definition) is 5. The van der Waals surface area contributed by atoms with Crippen LogP contribution in [-0.2, 0) is 9.47 Å². The molecular formula is C18H36N4O3. The standard InChI is InChI=1S/C18H36N4O3/c1-2-19-17(21-15-18(5-11-23)6-12-25-16-18)20-7-3-4-8-22-9-13-24-14-10-22/h23H,2-16H2,1H3,(H2,19,20,21). The van der Waals surface area contributed by atoms with Gasteiger partial charge in [-0.3, -0.25) is 9.89 Å². The van der Waals surface area contributed by atoms with E-state index in [1.54, 1.807) is 0 Å². The molecule has 0 aliphatic carbocycles. The number of hydrogen-bond donors (Lipinski definition) is 3. The molecule has 0 spiro atoms. The van der Waals surface area contributed by atoms with Crippen LogP contribution in [-0.4, -0.2) is 88.3 Å². The number of morpholine rings is 1. The summed E-state index contributed by atoms with van der Waals surface area (Å²) in [7, 11) is 0. The van der Waals surface area contributed by atoms with Crippen LogP contribution >= 0.6 is 0 Å². The van der Waals surface area contributed by atoms with Gasteiger partial charge in [-0.15, -0.1) is 0 Å². The molecule has 0 amide bonds. The van der Waals surface area contributed by atoms with E-state index in [9.17, 15) is 5.11 Å². The Morgan fingerprint density at radius 2 is 2.00 bits per heavy atom. The molecule has 3 N–H and O–H groups in total. The van der Waals surface area contributed by atoms with Crippen LogP contribution in [0.1, 0.15) is 32.6 Å². The second-order valence-electron chi connectivity index (χ2n) is 7.06. The summed E-state index contributed by atoms with van der Waals surface area (Å²) in [6.45, 7) is 11.3. The third kappa shape index (κ3) is 7.48. The van der Waals surface area contributed by atoms with Crippen LogP contribution in [0.25, 0.3) is 0 Å². The number of guanidine groups is 1. The van der Waals surface area contributed by atoms with Crippen LogP contribution in [0.5, 0.6) is 0 Å². The van der Waals surface area contributed by atoms with Gasteiger partial charge in [-0.05, 0) is 39.2 Å². The van der Waals surface area contributed by atoms with E-state index < -0.39 is 0 Å². The highest BCUT2D eigenvalue weighted by Crippen LogP contribution is 2.32. The highest BCUT2D eigenvalue weighted by molar-refractivity contribution is 5.79. The maximum Gasteiger partial charge on any atom is 0.191 e. The monoisotopic (exact) mass is 356 g/mol. The van der Waals surface area contributed by atoms with Crippen molar-refractivity contribution in [3.8, 4) is 0 Å². The van der Waals surface area contributed by atoms with Gasteiger partial charge in [0.05, 0.1) is 26.4 Å². The van der Waals surface area contributed by atoms with E-state index in [0.29, 0.717) is 13.2 Å². The molecule has 0 aromatic heterocycles. The average molecular weight is 357 g/mol. The SMILES string of the molecule is CCNC(=NCC1(CCO)CCOC1)NCCCCN1CCOCC1. The van der Waals surface area contributed by atoms with Gasteiger partial charge in [0.2, 0.25) is 0 Å². The molecule has 0 radical (unpaired) electrons. The van der Waals surface area contributed by atoms with Crippen molar-refractivity contribution in [1.29, 1.82) is 0 Å². The first-order valence-electron chi connectivity index (χ1n) is 9.79. The van der Waals surface area contributed by atoms with Gasteiger partial charge >= 0.3 is 0 Å².